The fourth-order valence-corrected chi connectivity index (χ4v) is 6.85. The van der Waals surface area contributed by atoms with E-state index in [-0.39, 0.29) is 0 Å². The summed E-state index contributed by atoms with van der Waals surface area (Å²) in [4.78, 5) is 9.02. The number of aliphatic imine (C=N–C) groups is 2. The predicted octanol–water partition coefficient (Wildman–Crippen LogP) is 11.9. The summed E-state index contributed by atoms with van der Waals surface area (Å²) in [6.07, 6.45) is 10.8. The van der Waals surface area contributed by atoms with E-state index in [4.69, 9.17) is 9.47 Å². The first-order chi connectivity index (χ1) is 21.6. The lowest BCUT2D eigenvalue weighted by molar-refractivity contribution is 0.306. The molecule has 0 heterocycles. The SMILES string of the molecule is Brc1ccc(N=Cc2ccc(OCCCCCSSCCCCCOc3ccc(C=Nc4ccc(Br)cc4)cc3)cc2)cc1. The second-order valence-electron chi connectivity index (χ2n) is 10.1. The molecule has 8 heteroatoms. The van der Waals surface area contributed by atoms with Gasteiger partial charge in [0.1, 0.15) is 11.5 Å². The number of unbranched alkanes of at least 4 members (excludes halogenated alkanes) is 4. The maximum absolute atomic E-state index is 5.91. The molecule has 0 saturated heterocycles. The van der Waals surface area contributed by atoms with E-state index in [2.05, 4.69) is 41.8 Å². The Kier molecular flexibility index (Phi) is 16.0. The largest absolute Gasteiger partial charge is 0.494 e. The third-order valence-corrected chi connectivity index (χ3v) is 10.1. The Morgan fingerprint density at radius 1 is 0.477 bits per heavy atom. The highest BCUT2D eigenvalue weighted by Gasteiger charge is 1.99. The van der Waals surface area contributed by atoms with Crippen LogP contribution in [0.3, 0.4) is 0 Å². The van der Waals surface area contributed by atoms with Gasteiger partial charge in [-0.15, -0.1) is 0 Å². The summed E-state index contributed by atoms with van der Waals surface area (Å²) >= 11 is 6.89. The van der Waals surface area contributed by atoms with Crippen LogP contribution < -0.4 is 9.47 Å². The number of nitrogens with zero attached hydrogens (tertiary/aromatic N) is 2. The lowest BCUT2D eigenvalue weighted by atomic mass is 10.2. The first kappa shape index (κ1) is 34.4. The van der Waals surface area contributed by atoms with Gasteiger partial charge in [-0.2, -0.15) is 0 Å². The molecular formula is C36H38Br2N2O2S2. The Morgan fingerprint density at radius 3 is 1.25 bits per heavy atom. The van der Waals surface area contributed by atoms with Gasteiger partial charge in [0.25, 0.3) is 0 Å². The minimum Gasteiger partial charge on any atom is -0.494 e. The van der Waals surface area contributed by atoms with Crippen molar-refractivity contribution in [1.82, 2.24) is 0 Å². The molecule has 0 aliphatic carbocycles. The minimum absolute atomic E-state index is 0.761. The van der Waals surface area contributed by atoms with Gasteiger partial charge in [0.2, 0.25) is 0 Å². The zero-order valence-electron chi connectivity index (χ0n) is 24.7. The molecule has 0 unspecified atom stereocenters. The molecule has 0 N–H and O–H groups in total. The van der Waals surface area contributed by atoms with E-state index >= 15 is 0 Å². The van der Waals surface area contributed by atoms with Gasteiger partial charge < -0.3 is 9.47 Å². The lowest BCUT2D eigenvalue weighted by Crippen LogP contribution is -1.98. The number of halogens is 2. The van der Waals surface area contributed by atoms with E-state index in [9.17, 15) is 0 Å². The third-order valence-electron chi connectivity index (χ3n) is 6.50. The molecule has 0 bridgehead atoms. The Balaban J connectivity index is 0.936. The Hall–Kier alpha value is -2.52. The fourth-order valence-electron chi connectivity index (χ4n) is 4.03. The normalized spacial score (nSPS) is 11.4. The fraction of sp³-hybridized carbons (Fsp3) is 0.278. The number of rotatable bonds is 19. The lowest BCUT2D eigenvalue weighted by Gasteiger charge is -2.07. The molecule has 0 aromatic heterocycles. The van der Waals surface area contributed by atoms with Gasteiger partial charge in [-0.25, -0.2) is 0 Å². The van der Waals surface area contributed by atoms with Crippen LogP contribution in [0.5, 0.6) is 11.5 Å². The molecule has 4 nitrogen and oxygen atoms in total. The molecule has 4 rings (SSSR count). The van der Waals surface area contributed by atoms with E-state index < -0.39 is 0 Å². The molecule has 4 aromatic carbocycles. The summed E-state index contributed by atoms with van der Waals surface area (Å²) in [5.74, 6) is 4.23. The van der Waals surface area contributed by atoms with Crippen molar-refractivity contribution in [2.75, 3.05) is 24.7 Å². The van der Waals surface area contributed by atoms with Gasteiger partial charge in [-0.05, 0) is 147 Å². The van der Waals surface area contributed by atoms with Gasteiger partial charge in [0.15, 0.2) is 0 Å². The van der Waals surface area contributed by atoms with Gasteiger partial charge in [0, 0.05) is 32.9 Å². The van der Waals surface area contributed by atoms with Crippen LogP contribution >= 0.6 is 53.4 Å². The van der Waals surface area contributed by atoms with Crippen molar-refractivity contribution < 1.29 is 9.47 Å². The van der Waals surface area contributed by atoms with E-state index in [0.29, 0.717) is 0 Å². The molecule has 44 heavy (non-hydrogen) atoms. The van der Waals surface area contributed by atoms with Gasteiger partial charge >= 0.3 is 0 Å². The van der Waals surface area contributed by atoms with E-state index in [1.807, 2.05) is 131 Å². The number of hydrogen-bond donors (Lipinski definition) is 0. The molecule has 0 aliphatic rings. The van der Waals surface area contributed by atoms with Crippen molar-refractivity contribution in [3.8, 4) is 11.5 Å². The summed E-state index contributed by atoms with van der Waals surface area (Å²) in [6.45, 7) is 1.52. The van der Waals surface area contributed by atoms with Crippen LogP contribution in [0, 0.1) is 0 Å². The summed E-state index contributed by atoms with van der Waals surface area (Å²) in [6, 6.07) is 32.1. The van der Waals surface area contributed by atoms with Crippen LogP contribution in [0.1, 0.15) is 49.7 Å². The minimum atomic E-state index is 0.761. The van der Waals surface area contributed by atoms with Crippen LogP contribution in [-0.4, -0.2) is 37.1 Å². The van der Waals surface area contributed by atoms with E-state index in [1.54, 1.807) is 0 Å². The average molecular weight is 755 g/mol. The average Bonchev–Trinajstić information content (AvgIpc) is 3.05. The quantitative estimate of drug-likeness (QED) is 0.0543. The van der Waals surface area contributed by atoms with Crippen molar-refractivity contribution in [3.63, 3.8) is 0 Å². The molecule has 0 amide bonds. The van der Waals surface area contributed by atoms with Crippen molar-refractivity contribution in [1.29, 1.82) is 0 Å². The highest BCUT2D eigenvalue weighted by atomic mass is 79.9. The molecule has 0 atom stereocenters. The topological polar surface area (TPSA) is 43.2 Å². The maximum Gasteiger partial charge on any atom is 0.119 e. The molecule has 0 spiro atoms. The molecule has 4 aromatic rings. The van der Waals surface area contributed by atoms with Crippen molar-refractivity contribution in [2.45, 2.75) is 38.5 Å². The first-order valence-corrected chi connectivity index (χ1v) is 19.0. The monoisotopic (exact) mass is 752 g/mol. The molecule has 0 fully saturated rings. The highest BCUT2D eigenvalue weighted by molar-refractivity contribution is 9.10. The van der Waals surface area contributed by atoms with Gasteiger partial charge in [-0.1, -0.05) is 53.4 Å². The van der Waals surface area contributed by atoms with Gasteiger partial charge in [-0.3, -0.25) is 9.98 Å². The predicted molar refractivity (Wildman–Crippen MR) is 199 cm³/mol. The smallest absolute Gasteiger partial charge is 0.119 e. The molecule has 230 valence electrons. The summed E-state index contributed by atoms with van der Waals surface area (Å²) in [7, 11) is 3.99. The van der Waals surface area contributed by atoms with E-state index in [1.165, 1.54) is 37.2 Å². The van der Waals surface area contributed by atoms with Crippen molar-refractivity contribution >= 4 is 77.3 Å². The Bertz CT molecular complexity index is 1300. The van der Waals surface area contributed by atoms with Crippen LogP contribution in [0.4, 0.5) is 11.4 Å². The Morgan fingerprint density at radius 2 is 0.864 bits per heavy atom. The summed E-state index contributed by atoms with van der Waals surface area (Å²) < 4.78 is 13.9. The second-order valence-corrected chi connectivity index (χ2v) is 14.6. The molecule has 0 radical (unpaired) electrons. The summed E-state index contributed by atoms with van der Waals surface area (Å²) in [5, 5.41) is 0. The standard InChI is InChI=1S/C36H38Br2N2O2S2/c37-31-11-15-33(16-12-31)39-27-29-7-19-35(20-8-29)41-23-3-1-5-25-43-44-26-6-2-4-24-42-36-21-9-30(10-22-36)28-40-34-17-13-32(38)14-18-34/h7-22,27-28H,1-6,23-26H2. The first-order valence-electron chi connectivity index (χ1n) is 14.9. The highest BCUT2D eigenvalue weighted by Crippen LogP contribution is 2.25. The zero-order chi connectivity index (χ0) is 30.7. The molecule has 0 aliphatic heterocycles. The van der Waals surface area contributed by atoms with E-state index in [0.717, 1.165) is 69.0 Å². The number of benzene rings is 4. The zero-order valence-corrected chi connectivity index (χ0v) is 29.6. The van der Waals surface area contributed by atoms with Crippen molar-refractivity contribution in [2.24, 2.45) is 9.98 Å². The molecular weight excluding hydrogens is 716 g/mol. The van der Waals surface area contributed by atoms with Crippen LogP contribution in [-0.2, 0) is 0 Å². The second kappa shape index (κ2) is 20.5. The number of ether oxygens (including phenoxy) is 2. The third kappa shape index (κ3) is 14.1. The molecule has 0 saturated carbocycles. The van der Waals surface area contributed by atoms with Crippen LogP contribution in [0.25, 0.3) is 0 Å². The number of hydrogen-bond acceptors (Lipinski definition) is 6. The van der Waals surface area contributed by atoms with Crippen LogP contribution in [0.2, 0.25) is 0 Å². The van der Waals surface area contributed by atoms with Gasteiger partial charge in [0.05, 0.1) is 24.6 Å². The summed E-state index contributed by atoms with van der Waals surface area (Å²) in [5.41, 5.74) is 3.99. The van der Waals surface area contributed by atoms with Crippen molar-refractivity contribution in [3.05, 3.63) is 117 Å². The Labute approximate surface area is 286 Å². The van der Waals surface area contributed by atoms with Crippen LogP contribution in [0.15, 0.2) is 116 Å². The maximum atomic E-state index is 5.91.